The number of hydrogen-bond acceptors (Lipinski definition) is 2. The molecule has 2 heterocycles. The van der Waals surface area contributed by atoms with E-state index in [1.165, 1.54) is 5.39 Å². The number of H-pyrrole nitrogens is 2. The highest BCUT2D eigenvalue weighted by molar-refractivity contribution is 6.31. The van der Waals surface area contributed by atoms with Crippen LogP contribution < -0.4 is 10.9 Å². The Balaban J connectivity index is 1.67. The third-order valence-corrected chi connectivity index (χ3v) is 4.59. The number of benzene rings is 2. The molecule has 0 unspecified atom stereocenters. The molecule has 0 fully saturated rings. The number of fused-ring (bicyclic) bond motifs is 2. The highest BCUT2D eigenvalue weighted by atomic mass is 35.5. The third-order valence-electron chi connectivity index (χ3n) is 4.36. The quantitative estimate of drug-likeness (QED) is 0.512. The molecule has 4 nitrogen and oxygen atoms in total. The van der Waals surface area contributed by atoms with Gasteiger partial charge in [0.05, 0.1) is 0 Å². The number of halogens is 1. The average Bonchev–Trinajstić information content (AvgIpc) is 3.04. The van der Waals surface area contributed by atoms with Gasteiger partial charge in [0.1, 0.15) is 0 Å². The summed E-state index contributed by atoms with van der Waals surface area (Å²) in [5.74, 6) is 0. The molecule has 4 rings (SSSR count). The summed E-state index contributed by atoms with van der Waals surface area (Å²) in [4.78, 5) is 18.4. The predicted octanol–water partition coefficient (Wildman–Crippen LogP) is 4.58. The second-order valence-corrected chi connectivity index (χ2v) is 6.32. The molecule has 2 aromatic carbocycles. The monoisotopic (exact) mass is 337 g/mol. The van der Waals surface area contributed by atoms with Gasteiger partial charge in [-0.05, 0) is 55.0 Å². The minimum Gasteiger partial charge on any atom is -0.381 e. The zero-order valence-electron chi connectivity index (χ0n) is 13.1. The van der Waals surface area contributed by atoms with Gasteiger partial charge in [0, 0.05) is 50.8 Å². The Morgan fingerprint density at radius 1 is 1.08 bits per heavy atom. The van der Waals surface area contributed by atoms with Crippen molar-refractivity contribution in [3.8, 4) is 0 Å². The molecule has 0 spiro atoms. The van der Waals surface area contributed by atoms with Crippen LogP contribution in [-0.2, 0) is 6.54 Å². The lowest BCUT2D eigenvalue weighted by Gasteiger charge is -2.11. The maximum absolute atomic E-state index is 12.3. The standard InChI is InChI=1S/C19H16ClN3O/c1-11-15-6-7-21-18(15)5-4-16(11)22-10-13-8-12-9-14(20)2-3-17(12)23-19(13)24/h2-9,21-22H,10H2,1H3,(H,23,24). The van der Waals surface area contributed by atoms with Crippen LogP contribution in [0.4, 0.5) is 5.69 Å². The van der Waals surface area contributed by atoms with Crippen LogP contribution in [0.3, 0.4) is 0 Å². The van der Waals surface area contributed by atoms with Crippen molar-refractivity contribution in [2.24, 2.45) is 0 Å². The molecule has 0 radical (unpaired) electrons. The number of aromatic nitrogens is 2. The molecule has 4 aromatic rings. The van der Waals surface area contributed by atoms with Crippen molar-refractivity contribution in [1.82, 2.24) is 9.97 Å². The zero-order chi connectivity index (χ0) is 16.7. The first-order valence-corrected chi connectivity index (χ1v) is 8.11. The van der Waals surface area contributed by atoms with Crippen molar-refractivity contribution in [1.29, 1.82) is 0 Å². The fourth-order valence-electron chi connectivity index (χ4n) is 3.02. The molecular formula is C19H16ClN3O. The van der Waals surface area contributed by atoms with Gasteiger partial charge in [-0.25, -0.2) is 0 Å². The van der Waals surface area contributed by atoms with Gasteiger partial charge in [0.2, 0.25) is 0 Å². The number of aromatic amines is 2. The highest BCUT2D eigenvalue weighted by Crippen LogP contribution is 2.25. The van der Waals surface area contributed by atoms with E-state index in [9.17, 15) is 4.79 Å². The molecule has 2 aromatic heterocycles. The van der Waals surface area contributed by atoms with E-state index in [2.05, 4.69) is 28.3 Å². The molecule has 120 valence electrons. The van der Waals surface area contributed by atoms with Crippen molar-refractivity contribution in [2.75, 3.05) is 5.32 Å². The van der Waals surface area contributed by atoms with Gasteiger partial charge in [-0.15, -0.1) is 0 Å². The van der Waals surface area contributed by atoms with E-state index in [1.54, 1.807) is 6.07 Å². The van der Waals surface area contributed by atoms with Gasteiger partial charge in [0.25, 0.3) is 5.56 Å². The Labute approximate surface area is 143 Å². The molecule has 0 bridgehead atoms. The van der Waals surface area contributed by atoms with Crippen molar-refractivity contribution < 1.29 is 0 Å². The molecular weight excluding hydrogens is 322 g/mol. The van der Waals surface area contributed by atoms with Gasteiger partial charge >= 0.3 is 0 Å². The smallest absolute Gasteiger partial charge is 0.253 e. The molecule has 5 heteroatoms. The lowest BCUT2D eigenvalue weighted by molar-refractivity contribution is 1.09. The van der Waals surface area contributed by atoms with Crippen molar-refractivity contribution in [3.63, 3.8) is 0 Å². The Hall–Kier alpha value is -2.72. The first kappa shape index (κ1) is 14.8. The van der Waals surface area contributed by atoms with Crippen molar-refractivity contribution in [3.05, 3.63) is 75.2 Å². The van der Waals surface area contributed by atoms with Crippen LogP contribution >= 0.6 is 11.6 Å². The van der Waals surface area contributed by atoms with Gasteiger partial charge in [0.15, 0.2) is 0 Å². The van der Waals surface area contributed by atoms with Crippen LogP contribution in [0.15, 0.2) is 53.5 Å². The number of pyridine rings is 1. The Bertz CT molecular complexity index is 1110. The summed E-state index contributed by atoms with van der Waals surface area (Å²) in [6, 6.07) is 13.5. The number of rotatable bonds is 3. The molecule has 0 saturated carbocycles. The van der Waals surface area contributed by atoms with E-state index in [4.69, 9.17) is 11.6 Å². The molecule has 0 aliphatic carbocycles. The highest BCUT2D eigenvalue weighted by Gasteiger charge is 2.07. The molecule has 24 heavy (non-hydrogen) atoms. The van der Waals surface area contributed by atoms with Gasteiger partial charge in [-0.3, -0.25) is 4.79 Å². The van der Waals surface area contributed by atoms with E-state index in [1.807, 2.05) is 36.5 Å². The van der Waals surface area contributed by atoms with Crippen LogP contribution in [0.5, 0.6) is 0 Å². The van der Waals surface area contributed by atoms with Gasteiger partial charge < -0.3 is 15.3 Å². The summed E-state index contributed by atoms with van der Waals surface area (Å²) in [6.07, 6.45) is 1.93. The Morgan fingerprint density at radius 3 is 2.79 bits per heavy atom. The van der Waals surface area contributed by atoms with Crippen LogP contribution in [-0.4, -0.2) is 9.97 Å². The van der Waals surface area contributed by atoms with Crippen LogP contribution in [0.25, 0.3) is 21.8 Å². The number of nitrogens with one attached hydrogen (secondary N) is 3. The summed E-state index contributed by atoms with van der Waals surface area (Å²) in [5, 5.41) is 6.13. The second kappa shape index (κ2) is 5.73. The lowest BCUT2D eigenvalue weighted by atomic mass is 10.1. The molecule has 3 N–H and O–H groups in total. The number of anilines is 1. The van der Waals surface area contributed by atoms with Crippen LogP contribution in [0, 0.1) is 6.92 Å². The topological polar surface area (TPSA) is 60.7 Å². The van der Waals surface area contributed by atoms with E-state index in [-0.39, 0.29) is 5.56 Å². The van der Waals surface area contributed by atoms with E-state index in [0.29, 0.717) is 17.1 Å². The van der Waals surface area contributed by atoms with Crippen LogP contribution in [0.2, 0.25) is 5.02 Å². The van der Waals surface area contributed by atoms with Crippen molar-refractivity contribution >= 4 is 39.1 Å². The second-order valence-electron chi connectivity index (χ2n) is 5.89. The molecule has 0 aliphatic rings. The first-order valence-electron chi connectivity index (χ1n) is 7.74. The fourth-order valence-corrected chi connectivity index (χ4v) is 3.20. The van der Waals surface area contributed by atoms with Gasteiger partial charge in [-0.1, -0.05) is 11.6 Å². The third kappa shape index (κ3) is 2.55. The number of hydrogen-bond donors (Lipinski definition) is 3. The minimum absolute atomic E-state index is 0.0855. The van der Waals surface area contributed by atoms with E-state index < -0.39 is 0 Å². The maximum atomic E-state index is 12.3. The fraction of sp³-hybridized carbons (Fsp3) is 0.105. The SMILES string of the molecule is Cc1c(NCc2cc3cc(Cl)ccc3[nH]c2=O)ccc2[nH]ccc12. The van der Waals surface area contributed by atoms with Crippen molar-refractivity contribution in [2.45, 2.75) is 13.5 Å². The largest absolute Gasteiger partial charge is 0.381 e. The van der Waals surface area contributed by atoms with Crippen LogP contribution in [0.1, 0.15) is 11.1 Å². The minimum atomic E-state index is -0.0855. The predicted molar refractivity (Wildman–Crippen MR) is 99.9 cm³/mol. The molecule has 0 amide bonds. The first-order chi connectivity index (χ1) is 11.6. The summed E-state index contributed by atoms with van der Waals surface area (Å²) in [7, 11) is 0. The molecule has 0 atom stereocenters. The number of aryl methyl sites for hydroxylation is 1. The summed E-state index contributed by atoms with van der Waals surface area (Å²) in [6.45, 7) is 2.53. The Kier molecular flexibility index (Phi) is 3.54. The maximum Gasteiger partial charge on any atom is 0.253 e. The van der Waals surface area contributed by atoms with E-state index >= 15 is 0 Å². The van der Waals surface area contributed by atoms with Gasteiger partial charge in [-0.2, -0.15) is 0 Å². The normalized spacial score (nSPS) is 11.2. The zero-order valence-corrected chi connectivity index (χ0v) is 13.9. The van der Waals surface area contributed by atoms with E-state index in [0.717, 1.165) is 27.7 Å². The Morgan fingerprint density at radius 2 is 1.92 bits per heavy atom. The summed E-state index contributed by atoms with van der Waals surface area (Å²) in [5.41, 5.74) is 4.67. The molecule has 0 saturated heterocycles. The summed E-state index contributed by atoms with van der Waals surface area (Å²) >= 11 is 6.04. The lowest BCUT2D eigenvalue weighted by Crippen LogP contribution is -2.15. The molecule has 0 aliphatic heterocycles. The average molecular weight is 338 g/mol. The summed E-state index contributed by atoms with van der Waals surface area (Å²) < 4.78 is 0.